The molecule has 1 aromatic rings. The summed E-state index contributed by atoms with van der Waals surface area (Å²) in [6.45, 7) is 2.11. The van der Waals surface area contributed by atoms with Crippen LogP contribution in [0.15, 0.2) is 28.8 Å². The van der Waals surface area contributed by atoms with E-state index >= 15 is 0 Å². The average Bonchev–Trinajstić information content (AvgIpc) is 2.57. The summed E-state index contributed by atoms with van der Waals surface area (Å²) in [6.07, 6.45) is 4.88. The molecule has 0 aliphatic heterocycles. The number of hydrogen-bond donors (Lipinski definition) is 2. The van der Waals surface area contributed by atoms with Gasteiger partial charge < -0.3 is 5.73 Å². The predicted molar refractivity (Wildman–Crippen MR) is 63.8 cm³/mol. The third-order valence-electron chi connectivity index (χ3n) is 2.43. The monoisotopic (exact) mass is 212 g/mol. The van der Waals surface area contributed by atoms with Crippen molar-refractivity contribution < 1.29 is 0 Å². The van der Waals surface area contributed by atoms with Crippen molar-refractivity contribution in [1.29, 1.82) is 5.26 Å². The number of rotatable bonds is 1. The topological polar surface area (TPSA) is 74.2 Å². The molecule has 1 aliphatic carbocycles. The maximum atomic E-state index is 8.37. The Morgan fingerprint density at radius 3 is 3.12 bits per heavy atom. The highest BCUT2D eigenvalue weighted by molar-refractivity contribution is 5.82. The molecule has 0 saturated carbocycles. The predicted octanol–water partition coefficient (Wildman–Crippen LogP) is 1.66. The Morgan fingerprint density at radius 2 is 2.38 bits per heavy atom. The normalized spacial score (nSPS) is 14.0. The van der Waals surface area contributed by atoms with E-state index in [2.05, 4.69) is 23.3 Å². The second kappa shape index (κ2) is 4.07. The molecule has 80 valence electrons. The summed E-state index contributed by atoms with van der Waals surface area (Å²) in [5, 5.41) is 10.7. The van der Waals surface area contributed by atoms with E-state index in [4.69, 9.17) is 11.0 Å². The lowest BCUT2D eigenvalue weighted by atomic mass is 10.1. The summed E-state index contributed by atoms with van der Waals surface area (Å²) in [5.41, 5.74) is 10.1. The molecule has 0 spiro atoms. The van der Waals surface area contributed by atoms with E-state index in [9.17, 15) is 0 Å². The molecule has 0 heterocycles. The first-order valence-electron chi connectivity index (χ1n) is 4.98. The minimum atomic E-state index is 0.112. The van der Waals surface area contributed by atoms with Gasteiger partial charge in [-0.25, -0.2) is 4.99 Å². The van der Waals surface area contributed by atoms with Crippen molar-refractivity contribution in [3.05, 3.63) is 34.9 Å². The molecule has 4 nitrogen and oxygen atoms in total. The first-order chi connectivity index (χ1) is 7.69. The molecule has 0 atom stereocenters. The van der Waals surface area contributed by atoms with Crippen LogP contribution in [0, 0.1) is 11.5 Å². The van der Waals surface area contributed by atoms with E-state index in [0.29, 0.717) is 0 Å². The molecule has 0 amide bonds. The average molecular weight is 212 g/mol. The smallest absolute Gasteiger partial charge is 0.207 e. The second-order valence-electron chi connectivity index (χ2n) is 3.78. The summed E-state index contributed by atoms with van der Waals surface area (Å²) in [6, 6.07) is 5.91. The van der Waals surface area contributed by atoms with Crippen LogP contribution in [-0.2, 0) is 6.42 Å². The summed E-state index contributed by atoms with van der Waals surface area (Å²) in [4.78, 5) is 4.08. The molecule has 0 radical (unpaired) electrons. The zero-order valence-electron chi connectivity index (χ0n) is 8.99. The van der Waals surface area contributed by atoms with Crippen LogP contribution in [0.1, 0.15) is 18.1 Å². The molecule has 2 rings (SSSR count). The van der Waals surface area contributed by atoms with Gasteiger partial charge in [0.2, 0.25) is 5.96 Å². The number of nitriles is 1. The third kappa shape index (κ3) is 2.04. The SMILES string of the molecule is CC1=Cc2cc(N=C(N)NC#N)ccc2C1. The maximum Gasteiger partial charge on any atom is 0.207 e. The lowest BCUT2D eigenvalue weighted by Crippen LogP contribution is -2.26. The lowest BCUT2D eigenvalue weighted by Gasteiger charge is -2.01. The highest BCUT2D eigenvalue weighted by Gasteiger charge is 2.09. The number of aliphatic imine (C=N–C) groups is 1. The van der Waals surface area contributed by atoms with Crippen molar-refractivity contribution in [2.24, 2.45) is 10.7 Å². The second-order valence-corrected chi connectivity index (χ2v) is 3.78. The van der Waals surface area contributed by atoms with Crippen molar-refractivity contribution in [3.63, 3.8) is 0 Å². The molecule has 4 heteroatoms. The Morgan fingerprint density at radius 1 is 1.56 bits per heavy atom. The van der Waals surface area contributed by atoms with Crippen LogP contribution in [0.2, 0.25) is 0 Å². The fourth-order valence-corrected chi connectivity index (χ4v) is 1.79. The Kier molecular flexibility index (Phi) is 2.61. The van der Waals surface area contributed by atoms with E-state index in [1.54, 1.807) is 6.19 Å². The van der Waals surface area contributed by atoms with Gasteiger partial charge in [0.15, 0.2) is 6.19 Å². The van der Waals surface area contributed by atoms with E-state index in [-0.39, 0.29) is 5.96 Å². The Bertz CT molecular complexity index is 520. The molecule has 1 aliphatic rings. The standard InChI is InChI=1S/C12H12N4/c1-8-4-9-2-3-11(6-10(9)5-8)16-12(14)15-7-13/h2-3,5-6H,4H2,1H3,(H3,14,15,16). The fraction of sp³-hybridized carbons (Fsp3) is 0.167. The van der Waals surface area contributed by atoms with Crippen molar-refractivity contribution in [2.45, 2.75) is 13.3 Å². The largest absolute Gasteiger partial charge is 0.369 e. The van der Waals surface area contributed by atoms with Crippen LogP contribution in [-0.4, -0.2) is 5.96 Å². The van der Waals surface area contributed by atoms with Gasteiger partial charge in [0.25, 0.3) is 0 Å². The zero-order valence-corrected chi connectivity index (χ0v) is 8.99. The van der Waals surface area contributed by atoms with Crippen molar-refractivity contribution in [1.82, 2.24) is 5.32 Å². The van der Waals surface area contributed by atoms with Crippen molar-refractivity contribution in [2.75, 3.05) is 0 Å². The number of nitrogens with zero attached hydrogens (tertiary/aromatic N) is 2. The summed E-state index contributed by atoms with van der Waals surface area (Å²) in [7, 11) is 0. The van der Waals surface area contributed by atoms with Gasteiger partial charge in [0.1, 0.15) is 0 Å². The highest BCUT2D eigenvalue weighted by atomic mass is 15.1. The molecule has 1 aromatic carbocycles. The quantitative estimate of drug-likeness (QED) is 0.322. The minimum absolute atomic E-state index is 0.112. The Labute approximate surface area is 94.1 Å². The first kappa shape index (κ1) is 10.2. The fourth-order valence-electron chi connectivity index (χ4n) is 1.79. The number of fused-ring (bicyclic) bond motifs is 1. The lowest BCUT2D eigenvalue weighted by molar-refractivity contribution is 1.19. The van der Waals surface area contributed by atoms with Crippen LogP contribution in [0.5, 0.6) is 0 Å². The highest BCUT2D eigenvalue weighted by Crippen LogP contribution is 2.28. The van der Waals surface area contributed by atoms with Gasteiger partial charge in [-0.1, -0.05) is 17.7 Å². The summed E-state index contributed by atoms with van der Waals surface area (Å²) >= 11 is 0. The van der Waals surface area contributed by atoms with Gasteiger partial charge in [-0.2, -0.15) is 5.26 Å². The molecule has 0 fully saturated rings. The van der Waals surface area contributed by atoms with Crippen molar-refractivity contribution in [3.8, 4) is 6.19 Å². The molecule has 3 N–H and O–H groups in total. The first-order valence-corrected chi connectivity index (χ1v) is 4.98. The number of nitrogens with two attached hydrogens (primary N) is 1. The van der Waals surface area contributed by atoms with E-state index in [1.807, 2.05) is 18.2 Å². The molecule has 0 aromatic heterocycles. The maximum absolute atomic E-state index is 8.37. The molecule has 0 bridgehead atoms. The van der Waals surface area contributed by atoms with Gasteiger partial charge in [0, 0.05) is 0 Å². The van der Waals surface area contributed by atoms with Crippen LogP contribution in [0.25, 0.3) is 6.08 Å². The molecule has 16 heavy (non-hydrogen) atoms. The molecular formula is C12H12N4. The number of hydrogen-bond acceptors (Lipinski definition) is 2. The van der Waals surface area contributed by atoms with E-state index in [1.165, 1.54) is 16.7 Å². The van der Waals surface area contributed by atoms with Crippen LogP contribution in [0.3, 0.4) is 0 Å². The van der Waals surface area contributed by atoms with Crippen LogP contribution >= 0.6 is 0 Å². The molecule has 0 unspecified atom stereocenters. The summed E-state index contributed by atoms with van der Waals surface area (Å²) < 4.78 is 0. The number of benzene rings is 1. The third-order valence-corrected chi connectivity index (χ3v) is 2.43. The molecule has 0 saturated heterocycles. The number of allylic oxidation sites excluding steroid dienone is 1. The van der Waals surface area contributed by atoms with Crippen LogP contribution in [0.4, 0.5) is 5.69 Å². The zero-order chi connectivity index (χ0) is 11.5. The number of guanidine groups is 1. The van der Waals surface area contributed by atoms with Crippen molar-refractivity contribution >= 4 is 17.7 Å². The minimum Gasteiger partial charge on any atom is -0.369 e. The van der Waals surface area contributed by atoms with E-state index in [0.717, 1.165) is 12.1 Å². The van der Waals surface area contributed by atoms with Gasteiger partial charge in [-0.3, -0.25) is 5.32 Å². The Balaban J connectivity index is 2.29. The molecular weight excluding hydrogens is 200 g/mol. The summed E-state index contributed by atoms with van der Waals surface area (Å²) in [5.74, 6) is 0.112. The van der Waals surface area contributed by atoms with Gasteiger partial charge >= 0.3 is 0 Å². The van der Waals surface area contributed by atoms with Gasteiger partial charge in [-0.15, -0.1) is 0 Å². The van der Waals surface area contributed by atoms with Gasteiger partial charge in [-0.05, 0) is 36.6 Å². The van der Waals surface area contributed by atoms with Crippen LogP contribution < -0.4 is 11.1 Å². The Hall–Kier alpha value is -2.28. The van der Waals surface area contributed by atoms with Gasteiger partial charge in [0.05, 0.1) is 5.69 Å². The number of nitrogens with one attached hydrogen (secondary N) is 1. The van der Waals surface area contributed by atoms with E-state index < -0.39 is 0 Å².